The summed E-state index contributed by atoms with van der Waals surface area (Å²) in [5.74, 6) is -3.30. The van der Waals surface area contributed by atoms with Crippen LogP contribution in [0.15, 0.2) is 18.2 Å². The van der Waals surface area contributed by atoms with E-state index in [4.69, 9.17) is 0 Å². The summed E-state index contributed by atoms with van der Waals surface area (Å²) in [5.41, 5.74) is -5.46. The predicted molar refractivity (Wildman–Crippen MR) is 81.1 cm³/mol. The van der Waals surface area contributed by atoms with Crippen LogP contribution < -0.4 is 4.90 Å². The summed E-state index contributed by atoms with van der Waals surface area (Å²) in [4.78, 5) is 37.8. The molecule has 140 valence electrons. The molecule has 0 radical (unpaired) electrons. The maximum Gasteiger partial charge on any atom is 0.498 e. The molecule has 0 N–H and O–H groups in total. The van der Waals surface area contributed by atoms with E-state index >= 15 is 0 Å². The van der Waals surface area contributed by atoms with Gasteiger partial charge < -0.3 is 4.74 Å². The van der Waals surface area contributed by atoms with Crippen molar-refractivity contribution in [2.24, 2.45) is 0 Å². The summed E-state index contributed by atoms with van der Waals surface area (Å²) in [6.45, 7) is 0. The maximum absolute atomic E-state index is 13.0. The van der Waals surface area contributed by atoms with Crippen molar-refractivity contribution in [2.75, 3.05) is 12.0 Å². The molecule has 2 aliphatic rings. The minimum atomic E-state index is -5.96. The second-order valence-corrected chi connectivity index (χ2v) is 7.99. The fourth-order valence-electron chi connectivity index (χ4n) is 3.23. The van der Waals surface area contributed by atoms with Crippen LogP contribution >= 0.6 is 0 Å². The number of methoxy groups -OCH3 is 1. The Labute approximate surface area is 145 Å². The molecule has 0 aromatic heterocycles. The van der Waals surface area contributed by atoms with Gasteiger partial charge in [-0.15, -0.1) is 0 Å². The van der Waals surface area contributed by atoms with Crippen molar-refractivity contribution in [1.29, 1.82) is 0 Å². The first kappa shape index (κ1) is 18.4. The first-order chi connectivity index (χ1) is 12.0. The van der Waals surface area contributed by atoms with E-state index in [0.29, 0.717) is 10.5 Å². The molecule has 3 rings (SSSR count). The molecule has 1 amide bonds. The second kappa shape index (κ2) is 5.79. The molecule has 0 bridgehead atoms. The normalized spacial score (nSPS) is 22.8. The predicted octanol–water partition coefficient (Wildman–Crippen LogP) is 1.01. The fourth-order valence-corrected chi connectivity index (χ4v) is 4.31. The standard InChI is InChI=1S/C15H12F3NO6S/c1-25-14(22)9-5-7-3-2-4-8-10(20)6-11(13(21)19(9)12(7)8)26(23,24)15(16,17)18/h2-4,9,11H,5-6H2,1H3/t9-,11-/m0/s1. The second-order valence-electron chi connectivity index (χ2n) is 5.87. The van der Waals surface area contributed by atoms with Gasteiger partial charge in [-0.05, 0) is 11.6 Å². The van der Waals surface area contributed by atoms with E-state index in [0.717, 1.165) is 7.11 Å². The first-order valence-electron chi connectivity index (χ1n) is 7.37. The number of anilines is 1. The Morgan fingerprint density at radius 1 is 1.23 bits per heavy atom. The quantitative estimate of drug-likeness (QED) is 0.698. The van der Waals surface area contributed by atoms with Crippen LogP contribution in [0.5, 0.6) is 0 Å². The zero-order valence-electron chi connectivity index (χ0n) is 13.2. The third kappa shape index (κ3) is 2.49. The SMILES string of the molecule is COC(=O)[C@@H]1Cc2cccc3c2N1C(=O)[C@@H](S(=O)(=O)C(F)(F)F)CC3=O. The zero-order chi connectivity index (χ0) is 19.4. The number of ether oxygens (including phenoxy) is 1. The van der Waals surface area contributed by atoms with Gasteiger partial charge in [0.2, 0.25) is 5.91 Å². The number of hydrogen-bond donors (Lipinski definition) is 0. The van der Waals surface area contributed by atoms with E-state index in [9.17, 15) is 36.0 Å². The van der Waals surface area contributed by atoms with E-state index in [1.807, 2.05) is 0 Å². The molecule has 0 saturated carbocycles. The van der Waals surface area contributed by atoms with Gasteiger partial charge in [-0.25, -0.2) is 13.2 Å². The van der Waals surface area contributed by atoms with Gasteiger partial charge in [-0.1, -0.05) is 12.1 Å². The molecule has 11 heteroatoms. The number of carbonyl (C=O) groups is 3. The Morgan fingerprint density at radius 3 is 2.46 bits per heavy atom. The van der Waals surface area contributed by atoms with Crippen LogP contribution in [0.25, 0.3) is 0 Å². The fraction of sp³-hybridized carbons (Fsp3) is 0.400. The number of Topliss-reactive ketones (excluding diaryl/α,β-unsaturated/α-hetero) is 1. The third-order valence-electron chi connectivity index (χ3n) is 4.44. The number of amides is 1. The summed E-state index contributed by atoms with van der Waals surface area (Å²) >= 11 is 0. The van der Waals surface area contributed by atoms with Crippen LogP contribution in [-0.2, 0) is 30.6 Å². The molecule has 1 aromatic carbocycles. The van der Waals surface area contributed by atoms with Crippen LogP contribution in [-0.4, -0.2) is 50.0 Å². The highest BCUT2D eigenvalue weighted by atomic mass is 32.2. The van der Waals surface area contributed by atoms with Gasteiger partial charge >= 0.3 is 11.5 Å². The average molecular weight is 391 g/mol. The van der Waals surface area contributed by atoms with Crippen LogP contribution in [0.4, 0.5) is 18.9 Å². The summed E-state index contributed by atoms with van der Waals surface area (Å²) in [5, 5.41) is -2.65. The molecule has 0 fully saturated rings. The lowest BCUT2D eigenvalue weighted by atomic mass is 10.0. The molecule has 26 heavy (non-hydrogen) atoms. The molecule has 0 spiro atoms. The number of halogens is 3. The minimum absolute atomic E-state index is 0.0298. The van der Waals surface area contributed by atoms with Gasteiger partial charge in [0.15, 0.2) is 11.0 Å². The molecule has 1 aromatic rings. The number of sulfone groups is 1. The van der Waals surface area contributed by atoms with Crippen molar-refractivity contribution in [2.45, 2.75) is 29.6 Å². The third-order valence-corrected chi connectivity index (χ3v) is 6.20. The summed E-state index contributed by atoms with van der Waals surface area (Å²) in [6.07, 6.45) is -1.24. The Hall–Kier alpha value is -2.43. The van der Waals surface area contributed by atoms with Crippen molar-refractivity contribution in [3.05, 3.63) is 29.3 Å². The summed E-state index contributed by atoms with van der Waals surface area (Å²) in [7, 11) is -4.93. The van der Waals surface area contributed by atoms with E-state index in [1.165, 1.54) is 18.2 Å². The number of esters is 1. The van der Waals surface area contributed by atoms with Crippen LogP contribution in [0.2, 0.25) is 0 Å². The topological polar surface area (TPSA) is 97.8 Å². The molecular formula is C15H12F3NO6S. The smallest absolute Gasteiger partial charge is 0.467 e. The Kier molecular flexibility index (Phi) is 4.09. The number of nitrogens with zero attached hydrogens (tertiary/aromatic N) is 1. The van der Waals surface area contributed by atoms with Crippen LogP contribution in [0.1, 0.15) is 22.3 Å². The molecule has 0 aliphatic carbocycles. The zero-order valence-corrected chi connectivity index (χ0v) is 14.1. The van der Waals surface area contributed by atoms with E-state index < -0.39 is 50.7 Å². The Balaban J connectivity index is 2.21. The average Bonchev–Trinajstić information content (AvgIpc) is 2.91. The number of para-hydroxylation sites is 1. The van der Waals surface area contributed by atoms with Crippen molar-refractivity contribution < 1.29 is 40.7 Å². The molecule has 0 unspecified atom stereocenters. The Bertz CT molecular complexity index is 924. The lowest BCUT2D eigenvalue weighted by Gasteiger charge is -2.26. The highest BCUT2D eigenvalue weighted by Gasteiger charge is 2.58. The number of alkyl halides is 3. The lowest BCUT2D eigenvalue weighted by molar-refractivity contribution is -0.143. The minimum Gasteiger partial charge on any atom is -0.467 e. The molecule has 2 atom stereocenters. The van der Waals surface area contributed by atoms with Crippen molar-refractivity contribution in [1.82, 2.24) is 0 Å². The van der Waals surface area contributed by atoms with Crippen molar-refractivity contribution in [3.8, 4) is 0 Å². The number of rotatable bonds is 2. The van der Waals surface area contributed by atoms with Gasteiger partial charge in [0.25, 0.3) is 9.84 Å². The Morgan fingerprint density at radius 2 is 1.88 bits per heavy atom. The monoisotopic (exact) mass is 391 g/mol. The first-order valence-corrected chi connectivity index (χ1v) is 8.91. The molecule has 0 saturated heterocycles. The number of carbonyl (C=O) groups excluding carboxylic acids is 3. The van der Waals surface area contributed by atoms with Crippen LogP contribution in [0, 0.1) is 0 Å². The lowest BCUT2D eigenvalue weighted by Crippen LogP contribution is -2.51. The van der Waals surface area contributed by atoms with Crippen molar-refractivity contribution in [3.63, 3.8) is 0 Å². The van der Waals surface area contributed by atoms with Crippen molar-refractivity contribution >= 4 is 33.2 Å². The van der Waals surface area contributed by atoms with E-state index in [1.54, 1.807) is 0 Å². The van der Waals surface area contributed by atoms with Gasteiger partial charge in [0.1, 0.15) is 6.04 Å². The maximum atomic E-state index is 13.0. The number of ketones is 1. The summed E-state index contributed by atoms with van der Waals surface area (Å²) in [6, 6.07) is 2.91. The summed E-state index contributed by atoms with van der Waals surface area (Å²) < 4.78 is 67.2. The molecule has 2 aliphatic heterocycles. The van der Waals surface area contributed by atoms with Crippen LogP contribution in [0.3, 0.4) is 0 Å². The number of hydrogen-bond acceptors (Lipinski definition) is 6. The molecule has 2 heterocycles. The van der Waals surface area contributed by atoms with Gasteiger partial charge in [-0.2, -0.15) is 13.2 Å². The van der Waals surface area contributed by atoms with E-state index in [-0.39, 0.29) is 17.7 Å². The van der Waals surface area contributed by atoms with E-state index in [2.05, 4.69) is 4.74 Å². The molecule has 7 nitrogen and oxygen atoms in total. The highest BCUT2D eigenvalue weighted by molar-refractivity contribution is 7.93. The largest absolute Gasteiger partial charge is 0.498 e. The van der Waals surface area contributed by atoms with Gasteiger partial charge in [0, 0.05) is 18.4 Å². The van der Waals surface area contributed by atoms with Gasteiger partial charge in [-0.3, -0.25) is 14.5 Å². The number of benzene rings is 1. The molecular weight excluding hydrogens is 379 g/mol. The van der Waals surface area contributed by atoms with Gasteiger partial charge in [0.05, 0.1) is 12.8 Å². The highest BCUT2D eigenvalue weighted by Crippen LogP contribution is 2.42.